The number of nitrogens with zero attached hydrogens (tertiary/aromatic N) is 3. The molecule has 0 aliphatic carbocycles. The van der Waals surface area contributed by atoms with Crippen molar-refractivity contribution in [1.82, 2.24) is 4.90 Å². The minimum atomic E-state index is -1.05. The number of carbonyl (C=O) groups is 1. The van der Waals surface area contributed by atoms with Crippen LogP contribution in [0, 0.1) is 27.3 Å². The first-order valence-corrected chi connectivity index (χ1v) is 6.00. The summed E-state index contributed by atoms with van der Waals surface area (Å²) in [7, 11) is 0. The van der Waals surface area contributed by atoms with Crippen LogP contribution in [0.5, 0.6) is 0 Å². The number of nitriles is 1. The van der Waals surface area contributed by atoms with Crippen LogP contribution in [0.3, 0.4) is 0 Å². The summed E-state index contributed by atoms with van der Waals surface area (Å²) in [5, 5.41) is 19.1. The van der Waals surface area contributed by atoms with E-state index >= 15 is 0 Å². The number of hydrogen-bond acceptors (Lipinski definition) is 4. The Kier molecular flexibility index (Phi) is 5.15. The van der Waals surface area contributed by atoms with Crippen molar-refractivity contribution in [3.8, 4) is 6.07 Å². The zero-order valence-corrected chi connectivity index (χ0v) is 11.2. The van der Waals surface area contributed by atoms with Gasteiger partial charge in [-0.2, -0.15) is 9.65 Å². The summed E-state index contributed by atoms with van der Waals surface area (Å²) in [6.45, 7) is 3.78. The fourth-order valence-corrected chi connectivity index (χ4v) is 1.72. The second-order valence-corrected chi connectivity index (χ2v) is 4.42. The lowest BCUT2D eigenvalue weighted by Crippen LogP contribution is -2.37. The van der Waals surface area contributed by atoms with Gasteiger partial charge in [0.25, 0.3) is 5.91 Å². The average Bonchev–Trinajstić information content (AvgIpc) is 2.37. The molecule has 0 atom stereocenters. The first kappa shape index (κ1) is 15.6. The van der Waals surface area contributed by atoms with Crippen LogP contribution in [-0.4, -0.2) is 28.3 Å². The molecule has 106 valence electrons. The summed E-state index contributed by atoms with van der Waals surface area (Å²) in [4.78, 5) is 23.3. The third-order valence-corrected chi connectivity index (χ3v) is 2.74. The van der Waals surface area contributed by atoms with Crippen LogP contribution < -0.4 is 0 Å². The van der Waals surface area contributed by atoms with Crippen molar-refractivity contribution < 1.29 is 14.1 Å². The molecule has 20 heavy (non-hydrogen) atoms. The molecule has 0 fully saturated rings. The standard InChI is InChI=1S/C13H14FN3O3/c1-9(2)16(7-3-6-15)13(18)10-4-5-12(17(19)20)11(14)8-10/h4-5,8-9H,3,7H2,1-2H3. The van der Waals surface area contributed by atoms with Crippen molar-refractivity contribution in [2.24, 2.45) is 0 Å². The summed E-state index contributed by atoms with van der Waals surface area (Å²) >= 11 is 0. The van der Waals surface area contributed by atoms with Crippen LogP contribution in [0.25, 0.3) is 0 Å². The lowest BCUT2D eigenvalue weighted by atomic mass is 10.1. The Morgan fingerprint density at radius 2 is 2.20 bits per heavy atom. The Morgan fingerprint density at radius 3 is 2.65 bits per heavy atom. The average molecular weight is 279 g/mol. The molecule has 1 amide bonds. The molecule has 0 aromatic heterocycles. The fraction of sp³-hybridized carbons (Fsp3) is 0.385. The number of rotatable bonds is 5. The van der Waals surface area contributed by atoms with Crippen molar-refractivity contribution in [2.75, 3.05) is 6.54 Å². The first-order valence-electron chi connectivity index (χ1n) is 6.00. The molecule has 0 saturated carbocycles. The minimum Gasteiger partial charge on any atom is -0.335 e. The highest BCUT2D eigenvalue weighted by Gasteiger charge is 2.22. The van der Waals surface area contributed by atoms with Crippen molar-refractivity contribution in [3.05, 3.63) is 39.7 Å². The number of halogens is 1. The monoisotopic (exact) mass is 279 g/mol. The normalized spacial score (nSPS) is 10.2. The highest BCUT2D eigenvalue weighted by atomic mass is 19.1. The summed E-state index contributed by atoms with van der Waals surface area (Å²) in [5.74, 6) is -1.51. The maximum absolute atomic E-state index is 13.5. The highest BCUT2D eigenvalue weighted by molar-refractivity contribution is 5.94. The van der Waals surface area contributed by atoms with Gasteiger partial charge < -0.3 is 4.90 Å². The smallest absolute Gasteiger partial charge is 0.304 e. The van der Waals surface area contributed by atoms with Gasteiger partial charge in [0.2, 0.25) is 5.82 Å². The van der Waals surface area contributed by atoms with Crippen molar-refractivity contribution in [3.63, 3.8) is 0 Å². The molecule has 0 spiro atoms. The largest absolute Gasteiger partial charge is 0.335 e. The molecule has 0 bridgehead atoms. The molecule has 1 aromatic carbocycles. The van der Waals surface area contributed by atoms with E-state index in [0.29, 0.717) is 0 Å². The molecule has 0 N–H and O–H groups in total. The zero-order chi connectivity index (χ0) is 15.3. The third kappa shape index (κ3) is 3.51. The van der Waals surface area contributed by atoms with Gasteiger partial charge in [-0.3, -0.25) is 14.9 Å². The van der Waals surface area contributed by atoms with Crippen LogP contribution in [-0.2, 0) is 0 Å². The Balaban J connectivity index is 3.04. The number of benzene rings is 1. The molecule has 6 nitrogen and oxygen atoms in total. The lowest BCUT2D eigenvalue weighted by molar-refractivity contribution is -0.387. The van der Waals surface area contributed by atoms with Gasteiger partial charge in [0.15, 0.2) is 0 Å². The van der Waals surface area contributed by atoms with E-state index in [1.807, 2.05) is 6.07 Å². The molecular formula is C13H14FN3O3. The van der Waals surface area contributed by atoms with E-state index in [1.165, 1.54) is 11.0 Å². The fourth-order valence-electron chi connectivity index (χ4n) is 1.72. The molecule has 1 aromatic rings. The van der Waals surface area contributed by atoms with Gasteiger partial charge in [-0.1, -0.05) is 0 Å². The minimum absolute atomic E-state index is 0.0275. The van der Waals surface area contributed by atoms with Gasteiger partial charge in [-0.25, -0.2) is 0 Å². The molecule has 0 aliphatic heterocycles. The van der Waals surface area contributed by atoms with E-state index in [9.17, 15) is 19.3 Å². The van der Waals surface area contributed by atoms with E-state index in [1.54, 1.807) is 13.8 Å². The van der Waals surface area contributed by atoms with Crippen LogP contribution in [0.4, 0.5) is 10.1 Å². The predicted molar refractivity (Wildman–Crippen MR) is 69.5 cm³/mol. The van der Waals surface area contributed by atoms with Crippen molar-refractivity contribution in [2.45, 2.75) is 26.3 Å². The van der Waals surface area contributed by atoms with Crippen molar-refractivity contribution in [1.29, 1.82) is 5.26 Å². The van der Waals surface area contributed by atoms with E-state index in [4.69, 9.17) is 5.26 Å². The number of amides is 1. The van der Waals surface area contributed by atoms with E-state index in [2.05, 4.69) is 0 Å². The van der Waals surface area contributed by atoms with Crippen molar-refractivity contribution >= 4 is 11.6 Å². The van der Waals surface area contributed by atoms with E-state index < -0.39 is 22.3 Å². The molecule has 0 unspecified atom stereocenters. The van der Waals surface area contributed by atoms with Crippen LogP contribution in [0.15, 0.2) is 18.2 Å². The van der Waals surface area contributed by atoms with E-state index in [-0.39, 0.29) is 24.6 Å². The Labute approximate surface area is 115 Å². The molecule has 0 heterocycles. The number of nitro groups is 1. The molecule has 0 saturated heterocycles. The number of hydrogen-bond donors (Lipinski definition) is 0. The van der Waals surface area contributed by atoms with E-state index in [0.717, 1.165) is 12.1 Å². The summed E-state index contributed by atoms with van der Waals surface area (Å²) in [6.07, 6.45) is 0.166. The van der Waals surface area contributed by atoms with Gasteiger partial charge >= 0.3 is 5.69 Å². The highest BCUT2D eigenvalue weighted by Crippen LogP contribution is 2.19. The Hall–Kier alpha value is -2.49. The molecule has 0 aliphatic rings. The Bertz CT molecular complexity index is 566. The zero-order valence-electron chi connectivity index (χ0n) is 11.2. The lowest BCUT2D eigenvalue weighted by Gasteiger charge is -2.25. The maximum Gasteiger partial charge on any atom is 0.304 e. The second-order valence-electron chi connectivity index (χ2n) is 4.42. The quantitative estimate of drug-likeness (QED) is 0.612. The van der Waals surface area contributed by atoms with Gasteiger partial charge in [-0.15, -0.1) is 0 Å². The van der Waals surface area contributed by atoms with Gasteiger partial charge in [0.05, 0.1) is 17.4 Å². The van der Waals surface area contributed by atoms with Crippen LogP contribution in [0.1, 0.15) is 30.6 Å². The SMILES string of the molecule is CC(C)N(CCC#N)C(=O)c1ccc([N+](=O)[O-])c(F)c1. The first-order chi connectivity index (χ1) is 9.38. The van der Waals surface area contributed by atoms with Crippen LogP contribution >= 0.6 is 0 Å². The summed E-state index contributed by atoms with van der Waals surface area (Å²) in [6, 6.07) is 4.81. The number of carbonyl (C=O) groups excluding carboxylic acids is 1. The molecule has 1 rings (SSSR count). The topological polar surface area (TPSA) is 87.2 Å². The maximum atomic E-state index is 13.5. The predicted octanol–water partition coefficient (Wildman–Crippen LogP) is 2.50. The molecule has 7 heteroatoms. The van der Waals surface area contributed by atoms with Crippen LogP contribution in [0.2, 0.25) is 0 Å². The summed E-state index contributed by atoms with van der Waals surface area (Å²) < 4.78 is 13.5. The second kappa shape index (κ2) is 6.61. The third-order valence-electron chi connectivity index (χ3n) is 2.74. The van der Waals surface area contributed by atoms with Gasteiger partial charge in [0.1, 0.15) is 0 Å². The molecular weight excluding hydrogens is 265 g/mol. The van der Waals surface area contributed by atoms with Gasteiger partial charge in [0, 0.05) is 24.2 Å². The van der Waals surface area contributed by atoms with Gasteiger partial charge in [-0.05, 0) is 26.0 Å². The summed E-state index contributed by atoms with van der Waals surface area (Å²) in [5.41, 5.74) is -0.644. The molecule has 0 radical (unpaired) electrons. The Morgan fingerprint density at radius 1 is 1.55 bits per heavy atom. The number of nitro benzene ring substituents is 1.